The van der Waals surface area contributed by atoms with Gasteiger partial charge in [-0.2, -0.15) is 5.10 Å². The second kappa shape index (κ2) is 8.20. The fraction of sp³-hybridized carbons (Fsp3) is 0.217. The summed E-state index contributed by atoms with van der Waals surface area (Å²) < 4.78 is 1.70. The number of rotatable bonds is 5. The molecule has 4 rings (SSSR count). The first-order valence-corrected chi connectivity index (χ1v) is 10.5. The fourth-order valence-corrected chi connectivity index (χ4v) is 4.44. The lowest BCUT2D eigenvalue weighted by molar-refractivity contribution is 0.0943. The van der Waals surface area contributed by atoms with E-state index in [9.17, 15) is 4.79 Å². The quantitative estimate of drug-likeness (QED) is 0.506. The molecule has 0 fully saturated rings. The van der Waals surface area contributed by atoms with Crippen molar-refractivity contribution < 1.29 is 4.79 Å². The molecular formula is C23H23N5OS. The van der Waals surface area contributed by atoms with Gasteiger partial charge in [-0.1, -0.05) is 35.9 Å². The number of carbonyl (C=O) groups is 1. The standard InChI is InChI=1S/C23H23N5OS/c1-14-5-10-20(15(2)11-14)23-27-17(4)21(30-23)22(29)26-16(3)18-6-8-19(9-7-18)28-13-24-12-25-28/h5-13,16H,1-4H3,(H,26,29). The van der Waals surface area contributed by atoms with Crippen molar-refractivity contribution in [2.45, 2.75) is 33.7 Å². The van der Waals surface area contributed by atoms with Gasteiger partial charge < -0.3 is 5.32 Å². The highest BCUT2D eigenvalue weighted by atomic mass is 32.1. The van der Waals surface area contributed by atoms with Gasteiger partial charge in [-0.3, -0.25) is 4.79 Å². The van der Waals surface area contributed by atoms with Gasteiger partial charge in [-0.25, -0.2) is 14.6 Å². The second-order valence-electron chi connectivity index (χ2n) is 7.38. The zero-order valence-corrected chi connectivity index (χ0v) is 18.2. The molecule has 0 bridgehead atoms. The highest BCUT2D eigenvalue weighted by molar-refractivity contribution is 7.17. The maximum Gasteiger partial charge on any atom is 0.263 e. The van der Waals surface area contributed by atoms with Crippen LogP contribution in [0.3, 0.4) is 0 Å². The Morgan fingerprint density at radius 1 is 1.10 bits per heavy atom. The van der Waals surface area contributed by atoms with E-state index in [1.54, 1.807) is 11.0 Å². The largest absolute Gasteiger partial charge is 0.345 e. The molecule has 7 heteroatoms. The monoisotopic (exact) mass is 417 g/mol. The minimum Gasteiger partial charge on any atom is -0.345 e. The van der Waals surface area contributed by atoms with Gasteiger partial charge in [-0.05, 0) is 51.0 Å². The minimum atomic E-state index is -0.131. The van der Waals surface area contributed by atoms with Gasteiger partial charge in [-0.15, -0.1) is 11.3 Å². The van der Waals surface area contributed by atoms with Crippen LogP contribution in [0.25, 0.3) is 16.3 Å². The van der Waals surface area contributed by atoms with Gasteiger partial charge in [0.15, 0.2) is 0 Å². The van der Waals surface area contributed by atoms with Gasteiger partial charge >= 0.3 is 0 Å². The van der Waals surface area contributed by atoms with Gasteiger partial charge in [0.2, 0.25) is 0 Å². The highest BCUT2D eigenvalue weighted by Gasteiger charge is 2.19. The number of benzene rings is 2. The molecule has 0 aliphatic carbocycles. The first kappa shape index (κ1) is 20.0. The van der Waals surface area contributed by atoms with Crippen LogP contribution in [-0.2, 0) is 0 Å². The zero-order valence-electron chi connectivity index (χ0n) is 17.4. The molecule has 1 amide bonds. The van der Waals surface area contributed by atoms with E-state index >= 15 is 0 Å². The third kappa shape index (κ3) is 4.02. The molecule has 1 N–H and O–H groups in total. The summed E-state index contributed by atoms with van der Waals surface area (Å²) in [5.74, 6) is -0.103. The summed E-state index contributed by atoms with van der Waals surface area (Å²) in [5.41, 5.74) is 6.14. The number of nitrogens with one attached hydrogen (secondary N) is 1. The van der Waals surface area contributed by atoms with Crippen LogP contribution in [0.5, 0.6) is 0 Å². The molecule has 0 radical (unpaired) electrons. The Morgan fingerprint density at radius 3 is 2.53 bits per heavy atom. The van der Waals surface area contributed by atoms with Gasteiger partial charge in [0.05, 0.1) is 17.4 Å². The summed E-state index contributed by atoms with van der Waals surface area (Å²) in [6.45, 7) is 8.01. The van der Waals surface area contributed by atoms with Crippen molar-refractivity contribution in [1.29, 1.82) is 0 Å². The van der Waals surface area contributed by atoms with Crippen LogP contribution in [-0.4, -0.2) is 25.7 Å². The Morgan fingerprint density at radius 2 is 1.87 bits per heavy atom. The Kier molecular flexibility index (Phi) is 5.46. The molecular weight excluding hydrogens is 394 g/mol. The van der Waals surface area contributed by atoms with Crippen LogP contribution in [0.15, 0.2) is 55.1 Å². The molecule has 2 heterocycles. The van der Waals surface area contributed by atoms with E-state index in [0.717, 1.165) is 33.1 Å². The number of amides is 1. The van der Waals surface area contributed by atoms with Gasteiger partial charge in [0.25, 0.3) is 5.91 Å². The van der Waals surface area contributed by atoms with Crippen molar-refractivity contribution in [1.82, 2.24) is 25.1 Å². The predicted octanol–water partition coefficient (Wildman–Crippen LogP) is 4.81. The van der Waals surface area contributed by atoms with E-state index in [2.05, 4.69) is 52.4 Å². The molecule has 4 aromatic rings. The minimum absolute atomic E-state index is 0.103. The highest BCUT2D eigenvalue weighted by Crippen LogP contribution is 2.31. The molecule has 0 spiro atoms. The summed E-state index contributed by atoms with van der Waals surface area (Å²) in [6, 6.07) is 14.1. The van der Waals surface area contributed by atoms with Crippen molar-refractivity contribution in [2.24, 2.45) is 0 Å². The Bertz CT molecular complexity index is 1180. The van der Waals surface area contributed by atoms with Crippen LogP contribution in [0, 0.1) is 20.8 Å². The number of thiazole rings is 1. The number of aryl methyl sites for hydroxylation is 3. The molecule has 0 saturated carbocycles. The Hall–Kier alpha value is -3.32. The number of hydrogen-bond acceptors (Lipinski definition) is 5. The van der Waals surface area contributed by atoms with Crippen LogP contribution in [0.1, 0.15) is 45.0 Å². The topological polar surface area (TPSA) is 72.7 Å². The van der Waals surface area contributed by atoms with E-state index in [1.807, 2.05) is 38.1 Å². The van der Waals surface area contributed by atoms with E-state index in [1.165, 1.54) is 23.2 Å². The van der Waals surface area contributed by atoms with Crippen molar-refractivity contribution >= 4 is 17.2 Å². The number of carbonyl (C=O) groups excluding carboxylic acids is 1. The van der Waals surface area contributed by atoms with Crippen LogP contribution in [0.4, 0.5) is 0 Å². The lowest BCUT2D eigenvalue weighted by Crippen LogP contribution is -2.26. The Balaban J connectivity index is 1.50. The molecule has 2 aromatic heterocycles. The number of nitrogens with zero attached hydrogens (tertiary/aromatic N) is 4. The third-order valence-corrected chi connectivity index (χ3v) is 6.23. The fourth-order valence-electron chi connectivity index (χ4n) is 3.38. The number of hydrogen-bond donors (Lipinski definition) is 1. The smallest absolute Gasteiger partial charge is 0.263 e. The normalized spacial score (nSPS) is 12.0. The van der Waals surface area contributed by atoms with Crippen molar-refractivity contribution in [3.8, 4) is 16.3 Å². The molecule has 6 nitrogen and oxygen atoms in total. The van der Waals surface area contributed by atoms with E-state index in [4.69, 9.17) is 0 Å². The summed E-state index contributed by atoms with van der Waals surface area (Å²) in [7, 11) is 0. The molecule has 0 saturated heterocycles. The third-order valence-electron chi connectivity index (χ3n) is 5.04. The second-order valence-corrected chi connectivity index (χ2v) is 8.38. The predicted molar refractivity (Wildman–Crippen MR) is 119 cm³/mol. The van der Waals surface area contributed by atoms with Crippen molar-refractivity contribution in [2.75, 3.05) is 0 Å². The molecule has 30 heavy (non-hydrogen) atoms. The zero-order chi connectivity index (χ0) is 21.3. The maximum atomic E-state index is 12.9. The van der Waals surface area contributed by atoms with Gasteiger partial charge in [0, 0.05) is 5.56 Å². The summed E-state index contributed by atoms with van der Waals surface area (Å²) in [4.78, 5) is 22.2. The molecule has 0 aliphatic heterocycles. The van der Waals surface area contributed by atoms with E-state index in [-0.39, 0.29) is 11.9 Å². The van der Waals surface area contributed by atoms with Crippen LogP contribution >= 0.6 is 11.3 Å². The summed E-state index contributed by atoms with van der Waals surface area (Å²) >= 11 is 1.44. The average Bonchev–Trinajstić information content (AvgIpc) is 3.38. The average molecular weight is 418 g/mol. The lowest BCUT2D eigenvalue weighted by Gasteiger charge is -2.14. The first-order chi connectivity index (χ1) is 14.4. The van der Waals surface area contributed by atoms with Gasteiger partial charge in [0.1, 0.15) is 22.5 Å². The summed E-state index contributed by atoms with van der Waals surface area (Å²) in [5, 5.41) is 8.09. The first-order valence-electron chi connectivity index (χ1n) is 9.73. The van der Waals surface area contributed by atoms with E-state index < -0.39 is 0 Å². The molecule has 1 atom stereocenters. The molecule has 152 valence electrons. The maximum absolute atomic E-state index is 12.9. The van der Waals surface area contributed by atoms with Crippen LogP contribution in [0.2, 0.25) is 0 Å². The number of aromatic nitrogens is 4. The van der Waals surface area contributed by atoms with Crippen molar-refractivity contribution in [3.63, 3.8) is 0 Å². The van der Waals surface area contributed by atoms with Crippen molar-refractivity contribution in [3.05, 3.63) is 82.4 Å². The SMILES string of the molecule is Cc1ccc(-c2nc(C)c(C(=O)NC(C)c3ccc(-n4cncn4)cc3)s2)c(C)c1. The Labute approximate surface area is 179 Å². The van der Waals surface area contributed by atoms with Crippen LogP contribution < -0.4 is 5.32 Å². The molecule has 1 unspecified atom stereocenters. The lowest BCUT2D eigenvalue weighted by atomic mass is 10.1. The summed E-state index contributed by atoms with van der Waals surface area (Å²) in [6.07, 6.45) is 3.15. The molecule has 2 aromatic carbocycles. The molecule has 0 aliphatic rings. The van der Waals surface area contributed by atoms with E-state index in [0.29, 0.717) is 4.88 Å².